The summed E-state index contributed by atoms with van der Waals surface area (Å²) in [7, 11) is 0. The standard InChI is InChI=1S/C15H13ClIN7/c1-8-7-9(2)19-13(18-8)23-15-22-12(16)21-14(24-15)20-11-5-3-10(17)4-6-11/h3-7H,1-2H3,(H2,18,19,20,21,22,23,24). The predicted octanol–water partition coefficient (Wildman–Crippen LogP) is 4.02. The monoisotopic (exact) mass is 453 g/mol. The van der Waals surface area contributed by atoms with Crippen LogP contribution in [0.5, 0.6) is 0 Å². The first-order chi connectivity index (χ1) is 11.5. The number of hydrogen-bond acceptors (Lipinski definition) is 7. The zero-order valence-electron chi connectivity index (χ0n) is 12.9. The van der Waals surface area contributed by atoms with Crippen LogP contribution in [0.25, 0.3) is 0 Å². The molecule has 0 saturated carbocycles. The third-order valence-corrected chi connectivity index (χ3v) is 3.80. The molecular weight excluding hydrogens is 441 g/mol. The van der Waals surface area contributed by atoms with E-state index in [-0.39, 0.29) is 11.2 Å². The van der Waals surface area contributed by atoms with Crippen LogP contribution < -0.4 is 10.6 Å². The van der Waals surface area contributed by atoms with Gasteiger partial charge < -0.3 is 5.32 Å². The van der Waals surface area contributed by atoms with E-state index >= 15 is 0 Å². The molecule has 0 aliphatic carbocycles. The number of hydrogen-bond donors (Lipinski definition) is 2. The second kappa shape index (κ2) is 7.22. The van der Waals surface area contributed by atoms with Gasteiger partial charge in [-0.15, -0.1) is 0 Å². The summed E-state index contributed by atoms with van der Waals surface area (Å²) in [4.78, 5) is 21.0. The Bertz CT molecular complexity index is 850. The number of aromatic nitrogens is 5. The maximum atomic E-state index is 5.99. The molecule has 0 bridgehead atoms. The van der Waals surface area contributed by atoms with Crippen molar-refractivity contribution in [2.75, 3.05) is 10.6 Å². The molecule has 0 unspecified atom stereocenters. The van der Waals surface area contributed by atoms with E-state index in [1.54, 1.807) is 0 Å². The van der Waals surface area contributed by atoms with Gasteiger partial charge in [-0.05, 0) is 78.4 Å². The van der Waals surface area contributed by atoms with Gasteiger partial charge in [0.1, 0.15) is 0 Å². The lowest BCUT2D eigenvalue weighted by Gasteiger charge is -2.08. The summed E-state index contributed by atoms with van der Waals surface area (Å²) >= 11 is 8.23. The minimum atomic E-state index is 0.0740. The van der Waals surface area contributed by atoms with Gasteiger partial charge in [0, 0.05) is 20.6 Å². The maximum absolute atomic E-state index is 5.99. The Hall–Kier alpha value is -2.07. The summed E-state index contributed by atoms with van der Waals surface area (Å²) in [5.41, 5.74) is 2.55. The molecule has 9 heteroatoms. The fourth-order valence-corrected chi connectivity index (χ4v) is 2.53. The molecule has 2 heterocycles. The Morgan fingerprint density at radius 3 is 1.96 bits per heavy atom. The second-order valence-corrected chi connectivity index (χ2v) is 6.57. The number of nitrogens with zero attached hydrogens (tertiary/aromatic N) is 5. The molecule has 0 radical (unpaired) electrons. The van der Waals surface area contributed by atoms with Gasteiger partial charge >= 0.3 is 0 Å². The van der Waals surface area contributed by atoms with Crippen LogP contribution >= 0.6 is 34.2 Å². The van der Waals surface area contributed by atoms with Gasteiger partial charge in [-0.25, -0.2) is 9.97 Å². The van der Waals surface area contributed by atoms with Crippen LogP contribution in [0.4, 0.5) is 23.5 Å². The van der Waals surface area contributed by atoms with Crippen LogP contribution in [0, 0.1) is 17.4 Å². The van der Waals surface area contributed by atoms with E-state index in [1.165, 1.54) is 0 Å². The topological polar surface area (TPSA) is 88.5 Å². The third-order valence-electron chi connectivity index (χ3n) is 2.91. The number of rotatable bonds is 4. The molecule has 7 nitrogen and oxygen atoms in total. The van der Waals surface area contributed by atoms with Crippen molar-refractivity contribution in [2.24, 2.45) is 0 Å². The molecule has 0 amide bonds. The van der Waals surface area contributed by atoms with Crippen LogP contribution in [0.15, 0.2) is 30.3 Å². The Labute approximate surface area is 157 Å². The van der Waals surface area contributed by atoms with Gasteiger partial charge in [0.05, 0.1) is 0 Å². The first-order valence-corrected chi connectivity index (χ1v) is 8.47. The largest absolute Gasteiger partial charge is 0.324 e. The summed E-state index contributed by atoms with van der Waals surface area (Å²) < 4.78 is 1.14. The van der Waals surface area contributed by atoms with Crippen molar-refractivity contribution < 1.29 is 0 Å². The average molecular weight is 454 g/mol. The number of benzene rings is 1. The molecule has 0 atom stereocenters. The zero-order valence-corrected chi connectivity index (χ0v) is 15.8. The van der Waals surface area contributed by atoms with Gasteiger partial charge in [0.25, 0.3) is 0 Å². The fraction of sp³-hybridized carbons (Fsp3) is 0.133. The highest BCUT2D eigenvalue weighted by Gasteiger charge is 2.08. The molecule has 24 heavy (non-hydrogen) atoms. The summed E-state index contributed by atoms with van der Waals surface area (Å²) in [6.07, 6.45) is 0. The minimum Gasteiger partial charge on any atom is -0.324 e. The summed E-state index contributed by atoms with van der Waals surface area (Å²) in [5.74, 6) is 1.02. The van der Waals surface area contributed by atoms with Crippen LogP contribution in [-0.4, -0.2) is 24.9 Å². The van der Waals surface area contributed by atoms with E-state index in [1.807, 2.05) is 44.2 Å². The van der Waals surface area contributed by atoms with Gasteiger partial charge in [-0.3, -0.25) is 5.32 Å². The molecule has 2 N–H and O–H groups in total. The normalized spacial score (nSPS) is 10.5. The lowest BCUT2D eigenvalue weighted by atomic mass is 10.3. The van der Waals surface area contributed by atoms with Crippen LogP contribution in [0.3, 0.4) is 0 Å². The molecule has 0 aliphatic rings. The molecular formula is C15H13ClIN7. The summed E-state index contributed by atoms with van der Waals surface area (Å²) in [6, 6.07) is 9.71. The molecule has 122 valence electrons. The first kappa shape index (κ1) is 16.8. The van der Waals surface area contributed by atoms with Crippen molar-refractivity contribution >= 4 is 57.7 Å². The van der Waals surface area contributed by atoms with E-state index in [0.29, 0.717) is 11.9 Å². The van der Waals surface area contributed by atoms with Crippen LogP contribution in [0.2, 0.25) is 5.28 Å². The summed E-state index contributed by atoms with van der Waals surface area (Å²) in [5, 5.41) is 6.12. The van der Waals surface area contributed by atoms with Crippen molar-refractivity contribution in [3.8, 4) is 0 Å². The Kier molecular flexibility index (Phi) is 5.05. The van der Waals surface area contributed by atoms with Crippen LogP contribution in [-0.2, 0) is 0 Å². The maximum Gasteiger partial charge on any atom is 0.235 e. The molecule has 3 rings (SSSR count). The van der Waals surface area contributed by atoms with E-state index in [0.717, 1.165) is 20.6 Å². The van der Waals surface area contributed by atoms with Crippen molar-refractivity contribution in [1.82, 2.24) is 24.9 Å². The SMILES string of the molecule is Cc1cc(C)nc(Nc2nc(Cl)nc(Nc3ccc(I)cc3)n2)n1. The summed E-state index contributed by atoms with van der Waals surface area (Å²) in [6.45, 7) is 3.79. The van der Waals surface area contributed by atoms with E-state index in [2.05, 4.69) is 58.1 Å². The molecule has 0 spiro atoms. The number of aryl methyl sites for hydroxylation is 2. The molecule has 0 saturated heterocycles. The van der Waals surface area contributed by atoms with Crippen molar-refractivity contribution in [3.63, 3.8) is 0 Å². The Balaban J connectivity index is 1.84. The lowest BCUT2D eigenvalue weighted by molar-refractivity contribution is 1.02. The molecule has 2 aromatic heterocycles. The van der Waals surface area contributed by atoms with Gasteiger partial charge in [0.15, 0.2) is 0 Å². The van der Waals surface area contributed by atoms with E-state index in [9.17, 15) is 0 Å². The van der Waals surface area contributed by atoms with Crippen LogP contribution in [0.1, 0.15) is 11.4 Å². The quantitative estimate of drug-likeness (QED) is 0.577. The fourth-order valence-electron chi connectivity index (χ4n) is 2.01. The smallest absolute Gasteiger partial charge is 0.235 e. The van der Waals surface area contributed by atoms with E-state index < -0.39 is 0 Å². The van der Waals surface area contributed by atoms with Crippen molar-refractivity contribution in [3.05, 3.63) is 50.6 Å². The Morgan fingerprint density at radius 1 is 0.792 bits per heavy atom. The van der Waals surface area contributed by atoms with Crippen molar-refractivity contribution in [2.45, 2.75) is 13.8 Å². The second-order valence-electron chi connectivity index (χ2n) is 4.98. The highest BCUT2D eigenvalue weighted by molar-refractivity contribution is 14.1. The highest BCUT2D eigenvalue weighted by Crippen LogP contribution is 2.18. The number of anilines is 4. The zero-order chi connectivity index (χ0) is 17.1. The molecule has 1 aromatic carbocycles. The molecule has 3 aromatic rings. The lowest BCUT2D eigenvalue weighted by Crippen LogP contribution is -2.06. The average Bonchev–Trinajstić information content (AvgIpc) is 2.48. The van der Waals surface area contributed by atoms with E-state index in [4.69, 9.17) is 11.6 Å². The number of halogens is 2. The molecule has 0 fully saturated rings. The number of nitrogens with one attached hydrogen (secondary N) is 2. The predicted molar refractivity (Wildman–Crippen MR) is 102 cm³/mol. The van der Waals surface area contributed by atoms with Crippen molar-refractivity contribution in [1.29, 1.82) is 0 Å². The minimum absolute atomic E-state index is 0.0740. The highest BCUT2D eigenvalue weighted by atomic mass is 127. The first-order valence-electron chi connectivity index (χ1n) is 7.01. The van der Waals surface area contributed by atoms with Gasteiger partial charge in [0.2, 0.25) is 23.1 Å². The Morgan fingerprint density at radius 2 is 1.33 bits per heavy atom. The third kappa shape index (κ3) is 4.48. The van der Waals surface area contributed by atoms with Gasteiger partial charge in [-0.2, -0.15) is 15.0 Å². The van der Waals surface area contributed by atoms with Gasteiger partial charge in [-0.1, -0.05) is 0 Å². The molecule has 0 aliphatic heterocycles.